The summed E-state index contributed by atoms with van der Waals surface area (Å²) in [4.78, 5) is 14.1. The average molecular weight is 275 g/mol. The molecule has 1 saturated carbocycles. The highest BCUT2D eigenvalue weighted by molar-refractivity contribution is 5.85. The summed E-state index contributed by atoms with van der Waals surface area (Å²) in [5, 5.41) is 12.8. The van der Waals surface area contributed by atoms with Gasteiger partial charge in [-0.05, 0) is 50.6 Å². The number of aliphatic hydroxyl groups is 1. The van der Waals surface area contributed by atoms with Crippen molar-refractivity contribution in [2.45, 2.75) is 38.2 Å². The zero-order valence-electron chi connectivity index (χ0n) is 10.7. The molecule has 3 rings (SSSR count). The zero-order chi connectivity index (χ0) is 11.9. The molecule has 0 radical (unpaired) electrons. The van der Waals surface area contributed by atoms with Crippen LogP contribution in [0.3, 0.4) is 0 Å². The van der Waals surface area contributed by atoms with Gasteiger partial charge >= 0.3 is 0 Å². The Morgan fingerprint density at radius 1 is 1.28 bits per heavy atom. The van der Waals surface area contributed by atoms with Gasteiger partial charge in [0.1, 0.15) is 0 Å². The monoisotopic (exact) mass is 274 g/mol. The molecule has 2 N–H and O–H groups in total. The van der Waals surface area contributed by atoms with E-state index in [1.165, 1.54) is 12.8 Å². The Balaban J connectivity index is 0.00000120. The van der Waals surface area contributed by atoms with E-state index in [2.05, 4.69) is 5.32 Å². The van der Waals surface area contributed by atoms with Gasteiger partial charge < -0.3 is 15.3 Å². The third-order valence-corrected chi connectivity index (χ3v) is 4.85. The predicted octanol–water partition coefficient (Wildman–Crippen LogP) is 0.781. The van der Waals surface area contributed by atoms with Gasteiger partial charge in [0.15, 0.2) is 0 Å². The number of halogens is 1. The molecule has 18 heavy (non-hydrogen) atoms. The van der Waals surface area contributed by atoms with E-state index in [0.29, 0.717) is 17.9 Å². The number of likely N-dealkylation sites (tertiary alicyclic amines) is 1. The van der Waals surface area contributed by atoms with Crippen LogP contribution in [0.2, 0.25) is 0 Å². The van der Waals surface area contributed by atoms with Crippen LogP contribution in [-0.4, -0.2) is 48.2 Å². The molecule has 1 aliphatic carbocycles. The fourth-order valence-electron chi connectivity index (χ4n) is 3.73. The molecular weight excluding hydrogens is 252 g/mol. The highest BCUT2D eigenvalue weighted by Crippen LogP contribution is 2.52. The molecule has 2 heterocycles. The van der Waals surface area contributed by atoms with Crippen LogP contribution >= 0.6 is 12.4 Å². The van der Waals surface area contributed by atoms with Gasteiger partial charge in [-0.25, -0.2) is 0 Å². The lowest BCUT2D eigenvalue weighted by Crippen LogP contribution is -2.50. The van der Waals surface area contributed by atoms with Crippen LogP contribution < -0.4 is 5.32 Å². The summed E-state index contributed by atoms with van der Waals surface area (Å²) < 4.78 is 0. The van der Waals surface area contributed by atoms with Crippen LogP contribution in [0.5, 0.6) is 0 Å². The van der Waals surface area contributed by atoms with Gasteiger partial charge in [0.2, 0.25) is 5.91 Å². The molecule has 0 aromatic rings. The first-order valence-corrected chi connectivity index (χ1v) is 6.86. The Morgan fingerprint density at radius 3 is 2.50 bits per heavy atom. The van der Waals surface area contributed by atoms with Crippen LogP contribution in [0.1, 0.15) is 32.1 Å². The largest absolute Gasteiger partial charge is 0.391 e. The molecule has 1 atom stereocenters. The number of aliphatic hydroxyl groups excluding tert-OH is 1. The van der Waals surface area contributed by atoms with Gasteiger partial charge in [0, 0.05) is 19.0 Å². The Bertz CT molecular complexity index is 310. The number of hydrogen-bond acceptors (Lipinski definition) is 3. The summed E-state index contributed by atoms with van der Waals surface area (Å²) in [6, 6.07) is 0. The highest BCUT2D eigenvalue weighted by Gasteiger charge is 2.48. The van der Waals surface area contributed by atoms with E-state index in [0.717, 1.165) is 38.9 Å². The molecule has 0 unspecified atom stereocenters. The van der Waals surface area contributed by atoms with Crippen molar-refractivity contribution in [2.24, 2.45) is 11.3 Å². The maximum atomic E-state index is 12.2. The summed E-state index contributed by atoms with van der Waals surface area (Å²) in [5.74, 6) is 0.545. The quantitative estimate of drug-likeness (QED) is 0.743. The molecule has 3 fully saturated rings. The molecule has 104 valence electrons. The van der Waals surface area contributed by atoms with Crippen molar-refractivity contribution >= 4 is 18.3 Å². The molecule has 2 aliphatic heterocycles. The molecule has 0 aromatic heterocycles. The first kappa shape index (κ1) is 14.1. The number of carbonyl (C=O) groups is 1. The van der Waals surface area contributed by atoms with E-state index in [4.69, 9.17) is 0 Å². The fourth-order valence-corrected chi connectivity index (χ4v) is 3.73. The predicted molar refractivity (Wildman–Crippen MR) is 71.7 cm³/mol. The molecule has 4 nitrogen and oxygen atoms in total. The van der Waals surface area contributed by atoms with Crippen molar-refractivity contribution in [1.82, 2.24) is 10.2 Å². The van der Waals surface area contributed by atoms with Gasteiger partial charge in [0.05, 0.1) is 6.10 Å². The lowest BCUT2D eigenvalue weighted by molar-refractivity contribution is -0.144. The molecule has 5 heteroatoms. The number of piperidine rings is 1. The molecule has 1 amide bonds. The lowest BCUT2D eigenvalue weighted by atomic mass is 9.57. The second-order valence-electron chi connectivity index (χ2n) is 6.08. The minimum absolute atomic E-state index is 0. The molecule has 0 bridgehead atoms. The van der Waals surface area contributed by atoms with E-state index < -0.39 is 0 Å². The standard InChI is InChI=1S/C13H22N2O2.ClH/c16-11-1-6-15(9-11)12(17)10-7-13(8-10)2-4-14-5-3-13;/h10-11,14,16H,1-9H2;1H/t11-;/m1./s1. The first-order valence-electron chi connectivity index (χ1n) is 6.86. The molecule has 3 aliphatic rings. The Kier molecular flexibility index (Phi) is 4.19. The summed E-state index contributed by atoms with van der Waals surface area (Å²) in [5.41, 5.74) is 0.476. The number of hydrogen-bond donors (Lipinski definition) is 2. The van der Waals surface area contributed by atoms with Crippen molar-refractivity contribution in [3.63, 3.8) is 0 Å². The topological polar surface area (TPSA) is 52.6 Å². The van der Waals surface area contributed by atoms with Gasteiger partial charge in [-0.3, -0.25) is 4.79 Å². The van der Waals surface area contributed by atoms with Gasteiger partial charge in [-0.15, -0.1) is 12.4 Å². The maximum absolute atomic E-state index is 12.2. The number of nitrogens with one attached hydrogen (secondary N) is 1. The Hall–Kier alpha value is -0.320. The lowest BCUT2D eigenvalue weighted by Gasteiger charge is -2.50. The van der Waals surface area contributed by atoms with E-state index in [-0.39, 0.29) is 24.4 Å². The van der Waals surface area contributed by atoms with Crippen LogP contribution in [0, 0.1) is 11.3 Å². The maximum Gasteiger partial charge on any atom is 0.225 e. The summed E-state index contributed by atoms with van der Waals surface area (Å²) >= 11 is 0. The number of rotatable bonds is 1. The van der Waals surface area contributed by atoms with E-state index in [1.54, 1.807) is 0 Å². The van der Waals surface area contributed by atoms with Crippen molar-refractivity contribution in [3.05, 3.63) is 0 Å². The second kappa shape index (κ2) is 5.35. The summed E-state index contributed by atoms with van der Waals surface area (Å²) in [6.45, 7) is 3.54. The van der Waals surface area contributed by atoms with Crippen molar-refractivity contribution < 1.29 is 9.90 Å². The van der Waals surface area contributed by atoms with Crippen molar-refractivity contribution in [3.8, 4) is 0 Å². The van der Waals surface area contributed by atoms with E-state index >= 15 is 0 Å². The summed E-state index contributed by atoms with van der Waals surface area (Å²) in [6.07, 6.45) is 5.11. The number of β-amino-alcohol motifs (C(OH)–C–C–N with tert-alkyl or cyclic N) is 1. The Morgan fingerprint density at radius 2 is 1.94 bits per heavy atom. The number of carbonyl (C=O) groups excluding carboxylic acids is 1. The first-order chi connectivity index (χ1) is 8.19. The Labute approximate surface area is 115 Å². The van der Waals surface area contributed by atoms with Gasteiger partial charge in [-0.2, -0.15) is 0 Å². The second-order valence-corrected chi connectivity index (χ2v) is 6.08. The average Bonchev–Trinajstić information content (AvgIpc) is 2.73. The zero-order valence-corrected chi connectivity index (χ0v) is 11.5. The molecule has 0 aromatic carbocycles. The van der Waals surface area contributed by atoms with Gasteiger partial charge in [-0.1, -0.05) is 0 Å². The van der Waals surface area contributed by atoms with E-state index in [9.17, 15) is 9.90 Å². The van der Waals surface area contributed by atoms with Crippen molar-refractivity contribution in [2.75, 3.05) is 26.2 Å². The summed E-state index contributed by atoms with van der Waals surface area (Å²) in [7, 11) is 0. The van der Waals surface area contributed by atoms with Crippen LogP contribution in [0.25, 0.3) is 0 Å². The SMILES string of the molecule is Cl.O=C(C1CC2(CCNCC2)C1)N1CC[C@@H](O)C1. The molecular formula is C13H23ClN2O2. The number of amides is 1. The van der Waals surface area contributed by atoms with Crippen LogP contribution in [-0.2, 0) is 4.79 Å². The van der Waals surface area contributed by atoms with Crippen LogP contribution in [0.4, 0.5) is 0 Å². The fraction of sp³-hybridized carbons (Fsp3) is 0.923. The highest BCUT2D eigenvalue weighted by atomic mass is 35.5. The smallest absolute Gasteiger partial charge is 0.225 e. The van der Waals surface area contributed by atoms with Gasteiger partial charge in [0.25, 0.3) is 0 Å². The third kappa shape index (κ3) is 2.51. The normalized spacial score (nSPS) is 30.9. The van der Waals surface area contributed by atoms with E-state index in [1.807, 2.05) is 4.90 Å². The number of nitrogens with zero attached hydrogens (tertiary/aromatic N) is 1. The van der Waals surface area contributed by atoms with Crippen molar-refractivity contribution in [1.29, 1.82) is 0 Å². The molecule has 2 saturated heterocycles. The minimum Gasteiger partial charge on any atom is -0.391 e. The molecule has 1 spiro atoms. The van der Waals surface area contributed by atoms with Crippen LogP contribution in [0.15, 0.2) is 0 Å². The third-order valence-electron chi connectivity index (χ3n) is 4.85. The minimum atomic E-state index is -0.285.